The summed E-state index contributed by atoms with van der Waals surface area (Å²) in [6, 6.07) is 1.04. The highest BCUT2D eigenvalue weighted by Crippen LogP contribution is 2.31. The summed E-state index contributed by atoms with van der Waals surface area (Å²) in [5.74, 6) is -0.552. The Balaban J connectivity index is 3.03. The van der Waals surface area contributed by atoms with E-state index in [0.717, 1.165) is 18.2 Å². The second kappa shape index (κ2) is 4.01. The van der Waals surface area contributed by atoms with Gasteiger partial charge in [-0.1, -0.05) is 6.07 Å². The van der Waals surface area contributed by atoms with Crippen LogP contribution in [0.4, 0.5) is 17.6 Å². The molecular weight excluding hydrogens is 313 g/mol. The van der Waals surface area contributed by atoms with E-state index in [4.69, 9.17) is 5.73 Å². The molecule has 0 aliphatic carbocycles. The summed E-state index contributed by atoms with van der Waals surface area (Å²) < 4.78 is 49.3. The topological polar surface area (TPSA) is 26.0 Å². The summed E-state index contributed by atoms with van der Waals surface area (Å²) in [4.78, 5) is 0. The van der Waals surface area contributed by atoms with Gasteiger partial charge in [0.2, 0.25) is 0 Å². The van der Waals surface area contributed by atoms with Gasteiger partial charge < -0.3 is 5.73 Å². The molecule has 14 heavy (non-hydrogen) atoms. The SMILES string of the molecule is N[C@@H](c1ccc(F)c(I)c1)C(F)(F)F. The van der Waals surface area contributed by atoms with Crippen molar-refractivity contribution < 1.29 is 17.6 Å². The van der Waals surface area contributed by atoms with Crippen molar-refractivity contribution in [1.29, 1.82) is 0 Å². The molecule has 78 valence electrons. The molecule has 0 radical (unpaired) electrons. The lowest BCUT2D eigenvalue weighted by molar-refractivity contribution is -0.149. The molecule has 1 nitrogen and oxygen atoms in total. The molecule has 0 heterocycles. The van der Waals surface area contributed by atoms with Crippen LogP contribution in [0.2, 0.25) is 0 Å². The quantitative estimate of drug-likeness (QED) is 0.625. The Kier molecular flexibility index (Phi) is 3.36. The number of halogens is 5. The molecule has 0 spiro atoms. The minimum Gasteiger partial charge on any atom is -0.316 e. The smallest absolute Gasteiger partial charge is 0.316 e. The fraction of sp³-hybridized carbons (Fsp3) is 0.250. The molecule has 0 aliphatic rings. The minimum atomic E-state index is -4.50. The third kappa shape index (κ3) is 2.57. The first-order valence-electron chi connectivity index (χ1n) is 3.59. The van der Waals surface area contributed by atoms with Crippen LogP contribution in [-0.4, -0.2) is 6.18 Å². The van der Waals surface area contributed by atoms with Gasteiger partial charge in [-0.15, -0.1) is 0 Å². The van der Waals surface area contributed by atoms with Crippen molar-refractivity contribution in [1.82, 2.24) is 0 Å². The van der Waals surface area contributed by atoms with Crippen molar-refractivity contribution >= 4 is 22.6 Å². The number of nitrogens with two attached hydrogens (primary N) is 1. The number of hydrogen-bond donors (Lipinski definition) is 1. The van der Waals surface area contributed by atoms with Crippen LogP contribution in [0.15, 0.2) is 18.2 Å². The van der Waals surface area contributed by atoms with Gasteiger partial charge in [0.1, 0.15) is 11.9 Å². The molecule has 0 aliphatic heterocycles. The zero-order valence-corrected chi connectivity index (χ0v) is 8.93. The Morgan fingerprint density at radius 2 is 1.86 bits per heavy atom. The molecule has 0 fully saturated rings. The molecule has 0 aromatic heterocycles. The van der Waals surface area contributed by atoms with Crippen LogP contribution in [0.5, 0.6) is 0 Å². The molecule has 1 atom stereocenters. The maximum atomic E-state index is 12.7. The zero-order valence-electron chi connectivity index (χ0n) is 6.78. The summed E-state index contributed by atoms with van der Waals surface area (Å²) in [6.45, 7) is 0. The second-order valence-electron chi connectivity index (χ2n) is 2.69. The van der Waals surface area contributed by atoms with Crippen LogP contribution < -0.4 is 5.73 Å². The molecule has 1 aromatic rings. The molecule has 0 bridgehead atoms. The molecule has 0 saturated heterocycles. The highest BCUT2D eigenvalue weighted by molar-refractivity contribution is 14.1. The lowest BCUT2D eigenvalue weighted by atomic mass is 10.1. The van der Waals surface area contributed by atoms with Gasteiger partial charge in [-0.2, -0.15) is 13.2 Å². The Bertz CT molecular complexity index is 337. The van der Waals surface area contributed by atoms with Gasteiger partial charge in [-0.25, -0.2) is 4.39 Å². The van der Waals surface area contributed by atoms with Gasteiger partial charge in [0.15, 0.2) is 0 Å². The van der Waals surface area contributed by atoms with Crippen molar-refractivity contribution in [2.45, 2.75) is 12.2 Å². The normalized spacial score (nSPS) is 14.1. The van der Waals surface area contributed by atoms with Crippen LogP contribution in [0.3, 0.4) is 0 Å². The van der Waals surface area contributed by atoms with E-state index in [1.807, 2.05) is 0 Å². The van der Waals surface area contributed by atoms with E-state index in [-0.39, 0.29) is 9.13 Å². The van der Waals surface area contributed by atoms with E-state index in [1.165, 1.54) is 0 Å². The van der Waals surface area contributed by atoms with E-state index in [1.54, 1.807) is 22.6 Å². The lowest BCUT2D eigenvalue weighted by Crippen LogP contribution is -2.28. The monoisotopic (exact) mass is 319 g/mol. The average Bonchev–Trinajstić information content (AvgIpc) is 2.07. The highest BCUT2D eigenvalue weighted by Gasteiger charge is 2.37. The van der Waals surface area contributed by atoms with Crippen molar-refractivity contribution in [3.05, 3.63) is 33.1 Å². The Morgan fingerprint density at radius 3 is 2.29 bits per heavy atom. The van der Waals surface area contributed by atoms with Crippen molar-refractivity contribution in [2.75, 3.05) is 0 Å². The Labute approximate surface area is 91.4 Å². The molecular formula is C8H6F4IN. The lowest BCUT2D eigenvalue weighted by Gasteiger charge is -2.15. The molecule has 0 unspecified atom stereocenters. The van der Waals surface area contributed by atoms with Crippen molar-refractivity contribution in [3.8, 4) is 0 Å². The van der Waals surface area contributed by atoms with Gasteiger partial charge in [0, 0.05) is 3.57 Å². The van der Waals surface area contributed by atoms with Crippen LogP contribution in [0.1, 0.15) is 11.6 Å². The van der Waals surface area contributed by atoms with Gasteiger partial charge in [0.25, 0.3) is 0 Å². The maximum Gasteiger partial charge on any atom is 0.407 e. The van der Waals surface area contributed by atoms with Crippen LogP contribution in [0, 0.1) is 9.39 Å². The molecule has 6 heteroatoms. The molecule has 2 N–H and O–H groups in total. The van der Waals surface area contributed by atoms with E-state index >= 15 is 0 Å². The predicted octanol–water partition coefficient (Wildman–Crippen LogP) is 2.99. The van der Waals surface area contributed by atoms with Crippen LogP contribution >= 0.6 is 22.6 Å². The number of hydrogen-bond acceptors (Lipinski definition) is 1. The van der Waals surface area contributed by atoms with Gasteiger partial charge in [0.05, 0.1) is 0 Å². The fourth-order valence-electron chi connectivity index (χ4n) is 0.895. The molecule has 0 saturated carbocycles. The summed E-state index contributed by atoms with van der Waals surface area (Å²) in [6.07, 6.45) is -4.50. The second-order valence-corrected chi connectivity index (χ2v) is 3.86. The number of alkyl halides is 3. The maximum absolute atomic E-state index is 12.7. The Hall–Kier alpha value is -0.370. The van der Waals surface area contributed by atoms with E-state index in [9.17, 15) is 17.6 Å². The summed E-state index contributed by atoms with van der Waals surface area (Å²) >= 11 is 1.61. The molecule has 0 amide bonds. The first-order chi connectivity index (χ1) is 6.32. The summed E-state index contributed by atoms with van der Waals surface area (Å²) in [5.41, 5.74) is 4.80. The predicted molar refractivity (Wildman–Crippen MR) is 52.1 cm³/mol. The van der Waals surface area contributed by atoms with Crippen LogP contribution in [0.25, 0.3) is 0 Å². The van der Waals surface area contributed by atoms with Gasteiger partial charge in [-0.3, -0.25) is 0 Å². The highest BCUT2D eigenvalue weighted by atomic mass is 127. The summed E-state index contributed by atoms with van der Waals surface area (Å²) in [5, 5.41) is 0. The van der Waals surface area contributed by atoms with E-state index in [0.29, 0.717) is 0 Å². The van der Waals surface area contributed by atoms with Crippen molar-refractivity contribution in [3.63, 3.8) is 0 Å². The number of benzene rings is 1. The van der Waals surface area contributed by atoms with Crippen molar-refractivity contribution in [2.24, 2.45) is 5.73 Å². The van der Waals surface area contributed by atoms with E-state index in [2.05, 4.69) is 0 Å². The number of rotatable bonds is 1. The standard InChI is InChI=1S/C8H6F4IN/c9-5-2-1-4(3-6(5)13)7(14)8(10,11)12/h1-3,7H,14H2/t7-/m0/s1. The van der Waals surface area contributed by atoms with Crippen LogP contribution in [-0.2, 0) is 0 Å². The molecule has 1 rings (SSSR count). The first-order valence-corrected chi connectivity index (χ1v) is 4.67. The zero-order chi connectivity index (χ0) is 10.9. The third-order valence-electron chi connectivity index (χ3n) is 1.66. The first kappa shape index (κ1) is 11.7. The van der Waals surface area contributed by atoms with Gasteiger partial charge in [-0.05, 0) is 40.3 Å². The molecule has 1 aromatic carbocycles. The van der Waals surface area contributed by atoms with Gasteiger partial charge >= 0.3 is 6.18 Å². The Morgan fingerprint density at radius 1 is 1.29 bits per heavy atom. The third-order valence-corrected chi connectivity index (χ3v) is 2.48. The minimum absolute atomic E-state index is 0.125. The van der Waals surface area contributed by atoms with E-state index < -0.39 is 18.0 Å². The summed E-state index contributed by atoms with van der Waals surface area (Å²) in [7, 11) is 0. The average molecular weight is 319 g/mol. The largest absolute Gasteiger partial charge is 0.407 e. The fourth-order valence-corrected chi connectivity index (χ4v) is 1.43.